The van der Waals surface area contributed by atoms with Crippen molar-refractivity contribution in [1.82, 2.24) is 5.32 Å². The fourth-order valence-corrected chi connectivity index (χ4v) is 0.299. The molecule has 2 N–H and O–H groups in total. The summed E-state index contributed by atoms with van der Waals surface area (Å²) in [5, 5.41) is 10.7. The third kappa shape index (κ3) is 4.85. The molecule has 3 heteroatoms. The highest BCUT2D eigenvalue weighted by Crippen LogP contribution is 1.73. The minimum absolute atomic E-state index is 0.0780. The maximum atomic E-state index is 9.89. The zero-order valence-corrected chi connectivity index (χ0v) is 5.22. The first kappa shape index (κ1) is 7.99. The Morgan fingerprint density at radius 2 is 2.56 bits per heavy atom. The quantitative estimate of drug-likeness (QED) is 0.511. The Hall–Kier alpha value is -1.01. The molecule has 0 spiro atoms. The molecule has 0 aliphatic carbocycles. The summed E-state index contributed by atoms with van der Waals surface area (Å²) < 4.78 is 0. The molecule has 0 fully saturated rings. The summed E-state index contributed by atoms with van der Waals surface area (Å²) in [5.41, 5.74) is 0. The van der Waals surface area contributed by atoms with Gasteiger partial charge in [-0.3, -0.25) is 10.1 Å². The van der Waals surface area contributed by atoms with Crippen molar-refractivity contribution in [2.24, 2.45) is 0 Å². The molecule has 50 valence electrons. The van der Waals surface area contributed by atoms with Crippen LogP contribution in [0.3, 0.4) is 0 Å². The Morgan fingerprint density at radius 3 is 2.89 bits per heavy atom. The Labute approximate surface area is 54.1 Å². The van der Waals surface area contributed by atoms with Crippen molar-refractivity contribution >= 4 is 5.97 Å². The van der Waals surface area contributed by atoms with Crippen molar-refractivity contribution in [3.05, 3.63) is 0 Å². The lowest BCUT2D eigenvalue weighted by atomic mass is 10.3. The molecule has 0 saturated carbocycles. The Kier molecular flexibility index (Phi) is 3.49. The lowest BCUT2D eigenvalue weighted by Gasteiger charge is -2.01. The molecule has 0 bridgehead atoms. The van der Waals surface area contributed by atoms with Crippen LogP contribution in [-0.4, -0.2) is 23.7 Å². The predicted octanol–water partition coefficient (Wildman–Crippen LogP) is -0.318. The van der Waals surface area contributed by atoms with Crippen LogP contribution in [0.4, 0.5) is 0 Å². The number of carbonyl (C=O) groups is 1. The SMILES string of the molecule is C#C[C@H](C)NCC(=O)O. The second-order valence-electron chi connectivity index (χ2n) is 1.66. The third-order valence-electron chi connectivity index (χ3n) is 0.809. The number of hydrogen-bond acceptors (Lipinski definition) is 2. The summed E-state index contributed by atoms with van der Waals surface area (Å²) >= 11 is 0. The van der Waals surface area contributed by atoms with E-state index in [0.29, 0.717) is 0 Å². The van der Waals surface area contributed by atoms with E-state index in [4.69, 9.17) is 11.5 Å². The molecule has 0 aromatic rings. The van der Waals surface area contributed by atoms with Crippen LogP contribution in [0.2, 0.25) is 0 Å². The van der Waals surface area contributed by atoms with Crippen molar-refractivity contribution in [2.45, 2.75) is 13.0 Å². The average Bonchev–Trinajstić information content (AvgIpc) is 1.83. The molecule has 0 rings (SSSR count). The smallest absolute Gasteiger partial charge is 0.317 e. The van der Waals surface area contributed by atoms with Crippen LogP contribution >= 0.6 is 0 Å². The number of carboxylic acids is 1. The molecule has 0 aliphatic rings. The third-order valence-corrected chi connectivity index (χ3v) is 0.809. The maximum Gasteiger partial charge on any atom is 0.317 e. The fourth-order valence-electron chi connectivity index (χ4n) is 0.299. The van der Waals surface area contributed by atoms with Gasteiger partial charge in [-0.2, -0.15) is 0 Å². The van der Waals surface area contributed by atoms with E-state index < -0.39 is 5.97 Å². The number of aliphatic carboxylic acids is 1. The highest BCUT2D eigenvalue weighted by atomic mass is 16.4. The molecule has 0 saturated heterocycles. The van der Waals surface area contributed by atoms with E-state index in [0.717, 1.165) is 0 Å². The molecule has 9 heavy (non-hydrogen) atoms. The van der Waals surface area contributed by atoms with Gasteiger partial charge in [0, 0.05) is 0 Å². The number of hydrogen-bond donors (Lipinski definition) is 2. The van der Waals surface area contributed by atoms with Crippen molar-refractivity contribution in [3.8, 4) is 12.3 Å². The highest BCUT2D eigenvalue weighted by molar-refractivity contribution is 5.69. The summed E-state index contributed by atoms with van der Waals surface area (Å²) in [7, 11) is 0. The first-order valence-corrected chi connectivity index (χ1v) is 2.58. The second-order valence-corrected chi connectivity index (χ2v) is 1.66. The molecule has 0 unspecified atom stereocenters. The number of terminal acetylenes is 1. The molecule has 1 atom stereocenters. The molecule has 0 amide bonds. The van der Waals surface area contributed by atoms with Crippen LogP contribution in [0.25, 0.3) is 0 Å². The summed E-state index contributed by atoms with van der Waals surface area (Å²) in [5.74, 6) is 1.45. The monoisotopic (exact) mass is 127 g/mol. The van der Waals surface area contributed by atoms with Crippen molar-refractivity contribution in [2.75, 3.05) is 6.54 Å². The van der Waals surface area contributed by atoms with E-state index in [1.54, 1.807) is 6.92 Å². The van der Waals surface area contributed by atoms with Gasteiger partial charge in [0.1, 0.15) is 0 Å². The summed E-state index contributed by atoms with van der Waals surface area (Å²) in [6, 6.07) is -0.166. The van der Waals surface area contributed by atoms with Gasteiger partial charge in [0.05, 0.1) is 12.6 Å². The van der Waals surface area contributed by atoms with E-state index >= 15 is 0 Å². The molecule has 0 aliphatic heterocycles. The molecule has 0 aromatic heterocycles. The lowest BCUT2D eigenvalue weighted by Crippen LogP contribution is -2.29. The topological polar surface area (TPSA) is 49.3 Å². The van der Waals surface area contributed by atoms with E-state index in [2.05, 4.69) is 11.2 Å². The van der Waals surface area contributed by atoms with E-state index in [1.165, 1.54) is 0 Å². The normalized spacial score (nSPS) is 12.0. The molecule has 0 aromatic carbocycles. The molecule has 0 radical (unpaired) electrons. The van der Waals surface area contributed by atoms with Crippen LogP contribution in [0.1, 0.15) is 6.92 Å². The number of nitrogens with one attached hydrogen (secondary N) is 1. The van der Waals surface area contributed by atoms with Crippen LogP contribution < -0.4 is 5.32 Å². The molecular formula is C6H9NO2. The summed E-state index contributed by atoms with van der Waals surface area (Å²) in [4.78, 5) is 9.89. The van der Waals surface area contributed by atoms with Gasteiger partial charge in [0.2, 0.25) is 0 Å². The number of carboxylic acid groups (broad SMARTS) is 1. The van der Waals surface area contributed by atoms with E-state index in [-0.39, 0.29) is 12.6 Å². The molecule has 0 heterocycles. The largest absolute Gasteiger partial charge is 0.480 e. The van der Waals surface area contributed by atoms with Gasteiger partial charge in [0.15, 0.2) is 0 Å². The minimum Gasteiger partial charge on any atom is -0.480 e. The van der Waals surface area contributed by atoms with Crippen LogP contribution in [0, 0.1) is 12.3 Å². The first-order chi connectivity index (χ1) is 4.16. The van der Waals surface area contributed by atoms with Gasteiger partial charge < -0.3 is 5.11 Å². The average molecular weight is 127 g/mol. The van der Waals surface area contributed by atoms with Gasteiger partial charge in [-0.1, -0.05) is 5.92 Å². The van der Waals surface area contributed by atoms with Crippen molar-refractivity contribution < 1.29 is 9.90 Å². The Morgan fingerprint density at radius 1 is 2.00 bits per heavy atom. The molecule has 3 nitrogen and oxygen atoms in total. The van der Waals surface area contributed by atoms with Crippen LogP contribution in [-0.2, 0) is 4.79 Å². The fraction of sp³-hybridized carbons (Fsp3) is 0.500. The van der Waals surface area contributed by atoms with E-state index in [1.807, 2.05) is 0 Å². The van der Waals surface area contributed by atoms with Crippen LogP contribution in [0.15, 0.2) is 0 Å². The van der Waals surface area contributed by atoms with Gasteiger partial charge >= 0.3 is 5.97 Å². The standard InChI is InChI=1S/C6H9NO2/c1-3-5(2)7-4-6(8)9/h1,5,7H,4H2,2H3,(H,8,9)/t5-/m0/s1. The van der Waals surface area contributed by atoms with E-state index in [9.17, 15) is 4.79 Å². The van der Waals surface area contributed by atoms with Gasteiger partial charge in [0.25, 0.3) is 0 Å². The summed E-state index contributed by atoms with van der Waals surface area (Å²) in [6.45, 7) is 1.65. The van der Waals surface area contributed by atoms with Crippen LogP contribution in [0.5, 0.6) is 0 Å². The zero-order valence-electron chi connectivity index (χ0n) is 5.22. The Bertz CT molecular complexity index is 136. The first-order valence-electron chi connectivity index (χ1n) is 2.58. The lowest BCUT2D eigenvalue weighted by molar-refractivity contribution is -0.136. The molecular weight excluding hydrogens is 118 g/mol. The van der Waals surface area contributed by atoms with Gasteiger partial charge in [-0.05, 0) is 6.92 Å². The highest BCUT2D eigenvalue weighted by Gasteiger charge is 1.97. The Balaban J connectivity index is 3.30. The van der Waals surface area contributed by atoms with Gasteiger partial charge in [-0.25, -0.2) is 0 Å². The van der Waals surface area contributed by atoms with Gasteiger partial charge in [-0.15, -0.1) is 6.42 Å². The summed E-state index contributed by atoms with van der Waals surface area (Å²) in [6.07, 6.45) is 4.95. The second kappa shape index (κ2) is 3.93. The zero-order chi connectivity index (χ0) is 7.28. The predicted molar refractivity (Wildman–Crippen MR) is 33.9 cm³/mol. The minimum atomic E-state index is -0.892. The van der Waals surface area contributed by atoms with Crippen molar-refractivity contribution in [1.29, 1.82) is 0 Å². The number of rotatable bonds is 3. The van der Waals surface area contributed by atoms with Crippen molar-refractivity contribution in [3.63, 3.8) is 0 Å². The maximum absolute atomic E-state index is 9.89.